The SMILES string of the molecule is Cc1cccc(C(C)CNC(=NCc2nnc(C)n2C)NCCCN(C)c2ccccc2)c1.I. The Morgan fingerprint density at radius 2 is 1.82 bits per heavy atom. The average Bonchev–Trinajstić information content (AvgIpc) is 3.15. The van der Waals surface area contributed by atoms with Crippen LogP contribution in [0.2, 0.25) is 0 Å². The Bertz CT molecular complexity index is 1030. The lowest BCUT2D eigenvalue weighted by Crippen LogP contribution is -2.40. The molecule has 3 rings (SSSR count). The summed E-state index contributed by atoms with van der Waals surface area (Å²) in [6.45, 7) is 9.40. The van der Waals surface area contributed by atoms with Crippen LogP contribution in [-0.4, -0.2) is 47.4 Å². The molecule has 1 aromatic heterocycles. The molecule has 34 heavy (non-hydrogen) atoms. The van der Waals surface area contributed by atoms with Crippen LogP contribution in [0.25, 0.3) is 0 Å². The van der Waals surface area contributed by atoms with Crippen molar-refractivity contribution in [3.8, 4) is 0 Å². The van der Waals surface area contributed by atoms with Crippen molar-refractivity contribution in [3.05, 3.63) is 77.4 Å². The summed E-state index contributed by atoms with van der Waals surface area (Å²) in [7, 11) is 4.10. The largest absolute Gasteiger partial charge is 0.375 e. The first-order valence-corrected chi connectivity index (χ1v) is 11.6. The second-order valence-corrected chi connectivity index (χ2v) is 8.62. The molecule has 0 spiro atoms. The molecule has 8 heteroatoms. The number of benzene rings is 2. The van der Waals surface area contributed by atoms with E-state index >= 15 is 0 Å². The third-order valence-corrected chi connectivity index (χ3v) is 5.91. The summed E-state index contributed by atoms with van der Waals surface area (Å²) in [6, 6.07) is 19.1. The van der Waals surface area contributed by atoms with Crippen LogP contribution in [-0.2, 0) is 13.6 Å². The van der Waals surface area contributed by atoms with Gasteiger partial charge in [-0.05, 0) is 43.9 Å². The zero-order valence-corrected chi connectivity index (χ0v) is 23.3. The average molecular weight is 576 g/mol. The first kappa shape index (κ1) is 27.6. The first-order valence-electron chi connectivity index (χ1n) is 11.6. The first-order chi connectivity index (χ1) is 15.9. The van der Waals surface area contributed by atoms with Gasteiger partial charge in [-0.25, -0.2) is 4.99 Å². The van der Waals surface area contributed by atoms with Crippen molar-refractivity contribution in [2.24, 2.45) is 12.0 Å². The summed E-state index contributed by atoms with van der Waals surface area (Å²) in [5, 5.41) is 15.4. The molecule has 0 bridgehead atoms. The number of para-hydroxylation sites is 1. The normalized spacial score (nSPS) is 12.1. The van der Waals surface area contributed by atoms with Crippen molar-refractivity contribution in [3.63, 3.8) is 0 Å². The number of halogens is 1. The Hall–Kier alpha value is -2.62. The molecule has 0 aliphatic carbocycles. The van der Waals surface area contributed by atoms with Crippen LogP contribution in [0.15, 0.2) is 59.6 Å². The summed E-state index contributed by atoms with van der Waals surface area (Å²) in [6.07, 6.45) is 1.00. The Morgan fingerprint density at radius 3 is 2.50 bits per heavy atom. The van der Waals surface area contributed by atoms with Gasteiger partial charge in [0.15, 0.2) is 11.8 Å². The third-order valence-electron chi connectivity index (χ3n) is 5.91. The van der Waals surface area contributed by atoms with E-state index in [1.807, 2.05) is 24.6 Å². The summed E-state index contributed by atoms with van der Waals surface area (Å²) in [4.78, 5) is 7.06. The van der Waals surface area contributed by atoms with Crippen LogP contribution in [0, 0.1) is 13.8 Å². The number of anilines is 1. The maximum atomic E-state index is 4.78. The van der Waals surface area contributed by atoms with Gasteiger partial charge in [0.2, 0.25) is 0 Å². The minimum atomic E-state index is 0. The molecule has 0 aliphatic rings. The van der Waals surface area contributed by atoms with Gasteiger partial charge in [0.05, 0.1) is 0 Å². The van der Waals surface area contributed by atoms with Crippen molar-refractivity contribution in [2.75, 3.05) is 31.6 Å². The summed E-state index contributed by atoms with van der Waals surface area (Å²) in [5.41, 5.74) is 3.84. The van der Waals surface area contributed by atoms with E-state index in [2.05, 4.69) is 95.2 Å². The number of aliphatic imine (C=N–C) groups is 1. The minimum Gasteiger partial charge on any atom is -0.375 e. The lowest BCUT2D eigenvalue weighted by atomic mass is 9.99. The van der Waals surface area contributed by atoms with Gasteiger partial charge in [0, 0.05) is 39.4 Å². The maximum absolute atomic E-state index is 4.78. The number of nitrogens with zero attached hydrogens (tertiary/aromatic N) is 5. The Morgan fingerprint density at radius 1 is 1.06 bits per heavy atom. The van der Waals surface area contributed by atoms with Gasteiger partial charge in [-0.3, -0.25) is 0 Å². The number of aromatic nitrogens is 3. The molecule has 0 radical (unpaired) electrons. The molecule has 1 heterocycles. The topological polar surface area (TPSA) is 70.4 Å². The monoisotopic (exact) mass is 575 g/mol. The van der Waals surface area contributed by atoms with Crippen LogP contribution in [0.5, 0.6) is 0 Å². The fraction of sp³-hybridized carbons (Fsp3) is 0.423. The quantitative estimate of drug-likeness (QED) is 0.162. The molecule has 0 amide bonds. The van der Waals surface area contributed by atoms with Gasteiger partial charge in [-0.15, -0.1) is 34.2 Å². The molecule has 1 unspecified atom stereocenters. The van der Waals surface area contributed by atoms with E-state index in [1.54, 1.807) is 0 Å². The summed E-state index contributed by atoms with van der Waals surface area (Å²) >= 11 is 0. The maximum Gasteiger partial charge on any atom is 0.191 e. The number of hydrogen-bond donors (Lipinski definition) is 2. The predicted molar refractivity (Wildman–Crippen MR) is 152 cm³/mol. The van der Waals surface area contributed by atoms with Gasteiger partial charge < -0.3 is 20.1 Å². The number of nitrogens with one attached hydrogen (secondary N) is 2. The van der Waals surface area contributed by atoms with Crippen molar-refractivity contribution in [1.29, 1.82) is 0 Å². The number of aryl methyl sites for hydroxylation is 2. The van der Waals surface area contributed by atoms with Gasteiger partial charge >= 0.3 is 0 Å². The molecule has 2 aromatic carbocycles. The van der Waals surface area contributed by atoms with Crippen LogP contribution in [0.4, 0.5) is 5.69 Å². The second-order valence-electron chi connectivity index (χ2n) is 8.62. The van der Waals surface area contributed by atoms with E-state index in [0.29, 0.717) is 12.5 Å². The molecular weight excluding hydrogens is 537 g/mol. The van der Waals surface area contributed by atoms with Crippen molar-refractivity contribution in [1.82, 2.24) is 25.4 Å². The Kier molecular flexibility index (Phi) is 11.3. The highest BCUT2D eigenvalue weighted by molar-refractivity contribution is 14.0. The van der Waals surface area contributed by atoms with Crippen molar-refractivity contribution in [2.45, 2.75) is 39.7 Å². The Labute approximate surface area is 221 Å². The molecule has 3 aromatic rings. The highest BCUT2D eigenvalue weighted by Gasteiger charge is 2.09. The summed E-state index contributed by atoms with van der Waals surface area (Å²) < 4.78 is 1.98. The molecule has 0 fully saturated rings. The van der Waals surface area contributed by atoms with E-state index in [9.17, 15) is 0 Å². The molecular formula is C26H38IN7. The highest BCUT2D eigenvalue weighted by atomic mass is 127. The summed E-state index contributed by atoms with van der Waals surface area (Å²) in [5.74, 6) is 2.92. The predicted octanol–water partition coefficient (Wildman–Crippen LogP) is 4.42. The fourth-order valence-corrected chi connectivity index (χ4v) is 3.59. The van der Waals surface area contributed by atoms with Gasteiger partial charge in [0.25, 0.3) is 0 Å². The van der Waals surface area contributed by atoms with Crippen LogP contribution in [0.1, 0.15) is 42.0 Å². The third kappa shape index (κ3) is 8.30. The minimum absolute atomic E-state index is 0. The Balaban J connectivity index is 0.00000408. The highest BCUT2D eigenvalue weighted by Crippen LogP contribution is 2.15. The van der Waals surface area contributed by atoms with E-state index in [4.69, 9.17) is 4.99 Å². The van der Waals surface area contributed by atoms with E-state index in [0.717, 1.165) is 43.7 Å². The molecule has 1 atom stereocenters. The van der Waals surface area contributed by atoms with E-state index in [1.165, 1.54) is 16.8 Å². The second kappa shape index (κ2) is 13.9. The number of guanidine groups is 1. The molecule has 7 nitrogen and oxygen atoms in total. The molecule has 2 N–H and O–H groups in total. The van der Waals surface area contributed by atoms with E-state index in [-0.39, 0.29) is 24.0 Å². The van der Waals surface area contributed by atoms with Crippen LogP contribution < -0.4 is 15.5 Å². The standard InChI is InChI=1S/C26H37N7.HI/c1-20-11-9-12-23(17-20)21(2)18-28-26(29-19-25-31-30-22(3)33(25)5)27-15-10-16-32(4)24-13-7-6-8-14-24;/h6-9,11-14,17,21H,10,15-16,18-19H2,1-5H3,(H2,27,28,29);1H. The molecule has 0 aliphatic heterocycles. The molecule has 0 saturated heterocycles. The van der Waals surface area contributed by atoms with Crippen LogP contribution in [0.3, 0.4) is 0 Å². The zero-order chi connectivity index (χ0) is 23.6. The van der Waals surface area contributed by atoms with Crippen LogP contribution >= 0.6 is 24.0 Å². The molecule has 184 valence electrons. The van der Waals surface area contributed by atoms with Gasteiger partial charge in [-0.2, -0.15) is 0 Å². The number of hydrogen-bond acceptors (Lipinski definition) is 4. The lowest BCUT2D eigenvalue weighted by molar-refractivity contribution is 0.678. The number of rotatable bonds is 10. The van der Waals surface area contributed by atoms with Gasteiger partial charge in [-0.1, -0.05) is 55.0 Å². The zero-order valence-electron chi connectivity index (χ0n) is 21.0. The smallest absolute Gasteiger partial charge is 0.191 e. The van der Waals surface area contributed by atoms with Crippen molar-refractivity contribution < 1.29 is 0 Å². The fourth-order valence-electron chi connectivity index (χ4n) is 3.59. The lowest BCUT2D eigenvalue weighted by Gasteiger charge is -2.20. The van der Waals surface area contributed by atoms with E-state index < -0.39 is 0 Å². The van der Waals surface area contributed by atoms with Crippen molar-refractivity contribution >= 4 is 35.6 Å². The van der Waals surface area contributed by atoms with Gasteiger partial charge in [0.1, 0.15) is 12.4 Å². The molecule has 0 saturated carbocycles.